The van der Waals surface area contributed by atoms with Crippen molar-refractivity contribution in [3.05, 3.63) is 34.9 Å². The van der Waals surface area contributed by atoms with Gasteiger partial charge >= 0.3 is 0 Å². The van der Waals surface area contributed by atoms with E-state index in [1.54, 1.807) is 0 Å². The summed E-state index contributed by atoms with van der Waals surface area (Å²) in [7, 11) is 0. The second-order valence-electron chi connectivity index (χ2n) is 5.26. The highest BCUT2D eigenvalue weighted by molar-refractivity contribution is 5.76. The van der Waals surface area contributed by atoms with Gasteiger partial charge in [-0.15, -0.1) is 0 Å². The highest BCUT2D eigenvalue weighted by Gasteiger charge is 2.10. The third-order valence-corrected chi connectivity index (χ3v) is 3.36. The molecule has 3 N–H and O–H groups in total. The molecule has 0 spiro atoms. The molecule has 0 saturated carbocycles. The molecule has 0 heterocycles. The van der Waals surface area contributed by atoms with Crippen LogP contribution in [0.15, 0.2) is 18.2 Å². The SMILES string of the molecule is Cc1ccc(CN(CCC(=N)N)C(C)C)cc1C. The summed E-state index contributed by atoms with van der Waals surface area (Å²) < 4.78 is 0. The Bertz CT molecular complexity index is 410. The number of benzene rings is 1. The van der Waals surface area contributed by atoms with Crippen LogP contribution < -0.4 is 5.73 Å². The van der Waals surface area contributed by atoms with Gasteiger partial charge in [0, 0.05) is 25.6 Å². The van der Waals surface area contributed by atoms with Gasteiger partial charge in [-0.2, -0.15) is 0 Å². The lowest BCUT2D eigenvalue weighted by atomic mass is 10.1. The lowest BCUT2D eigenvalue weighted by Gasteiger charge is -2.26. The van der Waals surface area contributed by atoms with Gasteiger partial charge < -0.3 is 5.73 Å². The molecule has 0 aliphatic carbocycles. The quantitative estimate of drug-likeness (QED) is 0.600. The van der Waals surface area contributed by atoms with Gasteiger partial charge in [0.2, 0.25) is 0 Å². The number of nitrogens with zero attached hydrogens (tertiary/aromatic N) is 1. The Labute approximate surface area is 111 Å². The Balaban J connectivity index is 2.70. The van der Waals surface area contributed by atoms with Crippen molar-refractivity contribution in [3.8, 4) is 0 Å². The fraction of sp³-hybridized carbons (Fsp3) is 0.533. The maximum atomic E-state index is 7.32. The molecule has 1 aromatic carbocycles. The van der Waals surface area contributed by atoms with Gasteiger partial charge in [0.05, 0.1) is 5.84 Å². The van der Waals surface area contributed by atoms with E-state index in [0.29, 0.717) is 12.5 Å². The maximum absolute atomic E-state index is 7.32. The number of amidine groups is 1. The largest absolute Gasteiger partial charge is 0.388 e. The van der Waals surface area contributed by atoms with Crippen LogP contribution in [0.1, 0.15) is 37.0 Å². The average molecular weight is 247 g/mol. The topological polar surface area (TPSA) is 53.1 Å². The van der Waals surface area contributed by atoms with Crippen molar-refractivity contribution in [2.75, 3.05) is 6.54 Å². The summed E-state index contributed by atoms with van der Waals surface area (Å²) in [5.41, 5.74) is 9.43. The number of aryl methyl sites for hydroxylation is 2. The zero-order valence-electron chi connectivity index (χ0n) is 12.0. The van der Waals surface area contributed by atoms with Gasteiger partial charge in [-0.3, -0.25) is 10.3 Å². The molecule has 0 unspecified atom stereocenters. The van der Waals surface area contributed by atoms with E-state index in [1.807, 2.05) is 0 Å². The molecular formula is C15H25N3. The number of nitrogens with two attached hydrogens (primary N) is 1. The third-order valence-electron chi connectivity index (χ3n) is 3.36. The average Bonchev–Trinajstić information content (AvgIpc) is 2.28. The summed E-state index contributed by atoms with van der Waals surface area (Å²) in [6.07, 6.45) is 0.642. The first-order valence-electron chi connectivity index (χ1n) is 6.53. The molecule has 0 fully saturated rings. The molecule has 0 aromatic heterocycles. The van der Waals surface area contributed by atoms with E-state index in [1.165, 1.54) is 16.7 Å². The molecule has 0 bridgehead atoms. The van der Waals surface area contributed by atoms with Crippen LogP contribution >= 0.6 is 0 Å². The van der Waals surface area contributed by atoms with Crippen LogP contribution in [0.4, 0.5) is 0 Å². The standard InChI is InChI=1S/C15H25N3/c1-11(2)18(8-7-15(16)17)10-14-6-5-12(3)13(4)9-14/h5-6,9,11H,7-8,10H2,1-4H3,(H3,16,17). The lowest BCUT2D eigenvalue weighted by molar-refractivity contribution is 0.219. The number of hydrogen-bond donors (Lipinski definition) is 2. The van der Waals surface area contributed by atoms with E-state index in [4.69, 9.17) is 11.1 Å². The molecule has 100 valence electrons. The first-order chi connectivity index (χ1) is 8.40. The molecule has 0 radical (unpaired) electrons. The van der Waals surface area contributed by atoms with Gasteiger partial charge in [-0.25, -0.2) is 0 Å². The van der Waals surface area contributed by atoms with Crippen LogP contribution in [0.2, 0.25) is 0 Å². The molecule has 0 aliphatic rings. The molecule has 3 heteroatoms. The van der Waals surface area contributed by atoms with Crippen LogP contribution in [-0.4, -0.2) is 23.3 Å². The maximum Gasteiger partial charge on any atom is 0.0918 e. The number of hydrogen-bond acceptors (Lipinski definition) is 2. The molecule has 0 atom stereocenters. The minimum Gasteiger partial charge on any atom is -0.388 e. The first-order valence-corrected chi connectivity index (χ1v) is 6.53. The summed E-state index contributed by atoms with van der Waals surface area (Å²) in [6.45, 7) is 10.4. The predicted molar refractivity (Wildman–Crippen MR) is 78.0 cm³/mol. The highest BCUT2D eigenvalue weighted by atomic mass is 15.1. The van der Waals surface area contributed by atoms with Gasteiger partial charge in [-0.05, 0) is 44.4 Å². The molecule has 3 nitrogen and oxygen atoms in total. The van der Waals surface area contributed by atoms with E-state index in [9.17, 15) is 0 Å². The zero-order valence-corrected chi connectivity index (χ0v) is 12.0. The summed E-state index contributed by atoms with van der Waals surface area (Å²) in [5.74, 6) is 0.265. The summed E-state index contributed by atoms with van der Waals surface area (Å²) in [6, 6.07) is 7.07. The monoisotopic (exact) mass is 247 g/mol. The van der Waals surface area contributed by atoms with Crippen molar-refractivity contribution in [2.24, 2.45) is 5.73 Å². The van der Waals surface area contributed by atoms with E-state index >= 15 is 0 Å². The van der Waals surface area contributed by atoms with Crippen LogP contribution in [0.3, 0.4) is 0 Å². The van der Waals surface area contributed by atoms with Crippen molar-refractivity contribution >= 4 is 5.84 Å². The van der Waals surface area contributed by atoms with Crippen molar-refractivity contribution in [2.45, 2.75) is 46.7 Å². The molecule has 0 amide bonds. The Hall–Kier alpha value is -1.35. The first kappa shape index (κ1) is 14.7. The minimum atomic E-state index is 0.265. The van der Waals surface area contributed by atoms with Gasteiger partial charge in [-0.1, -0.05) is 18.2 Å². The second kappa shape index (κ2) is 6.55. The normalized spacial score (nSPS) is 11.2. The Morgan fingerprint density at radius 1 is 1.28 bits per heavy atom. The number of rotatable bonds is 6. The van der Waals surface area contributed by atoms with E-state index in [0.717, 1.165) is 13.1 Å². The molecule has 1 rings (SSSR count). The van der Waals surface area contributed by atoms with Crippen LogP contribution in [0, 0.1) is 19.3 Å². The summed E-state index contributed by atoms with van der Waals surface area (Å²) in [5, 5.41) is 7.32. The van der Waals surface area contributed by atoms with Crippen molar-refractivity contribution in [1.29, 1.82) is 5.41 Å². The van der Waals surface area contributed by atoms with Crippen LogP contribution in [-0.2, 0) is 6.54 Å². The molecular weight excluding hydrogens is 222 g/mol. The van der Waals surface area contributed by atoms with Crippen LogP contribution in [0.25, 0.3) is 0 Å². The Morgan fingerprint density at radius 2 is 1.94 bits per heavy atom. The van der Waals surface area contributed by atoms with Gasteiger partial charge in [0.15, 0.2) is 0 Å². The van der Waals surface area contributed by atoms with E-state index in [2.05, 4.69) is 50.8 Å². The van der Waals surface area contributed by atoms with E-state index in [-0.39, 0.29) is 5.84 Å². The molecule has 0 saturated heterocycles. The van der Waals surface area contributed by atoms with Crippen molar-refractivity contribution in [3.63, 3.8) is 0 Å². The smallest absolute Gasteiger partial charge is 0.0918 e. The van der Waals surface area contributed by atoms with Gasteiger partial charge in [0.25, 0.3) is 0 Å². The Morgan fingerprint density at radius 3 is 2.44 bits per heavy atom. The second-order valence-corrected chi connectivity index (χ2v) is 5.26. The fourth-order valence-corrected chi connectivity index (χ4v) is 1.92. The fourth-order valence-electron chi connectivity index (χ4n) is 1.92. The number of nitrogens with one attached hydrogen (secondary N) is 1. The van der Waals surface area contributed by atoms with E-state index < -0.39 is 0 Å². The van der Waals surface area contributed by atoms with Crippen molar-refractivity contribution in [1.82, 2.24) is 4.90 Å². The zero-order chi connectivity index (χ0) is 13.7. The van der Waals surface area contributed by atoms with Crippen LogP contribution in [0.5, 0.6) is 0 Å². The minimum absolute atomic E-state index is 0.265. The lowest BCUT2D eigenvalue weighted by Crippen LogP contribution is -2.33. The highest BCUT2D eigenvalue weighted by Crippen LogP contribution is 2.13. The summed E-state index contributed by atoms with van der Waals surface area (Å²) >= 11 is 0. The van der Waals surface area contributed by atoms with Gasteiger partial charge in [0.1, 0.15) is 0 Å². The van der Waals surface area contributed by atoms with Crippen molar-refractivity contribution < 1.29 is 0 Å². The summed E-state index contributed by atoms with van der Waals surface area (Å²) in [4.78, 5) is 2.35. The molecule has 0 aliphatic heterocycles. The predicted octanol–water partition coefficient (Wildman–Crippen LogP) is 2.84. The molecule has 1 aromatic rings. The Kier molecular flexibility index (Phi) is 5.35. The molecule has 18 heavy (non-hydrogen) atoms. The third kappa shape index (κ3) is 4.49.